The third-order valence-corrected chi connectivity index (χ3v) is 0. The van der Waals surface area contributed by atoms with Crippen molar-refractivity contribution in [1.82, 2.24) is 0 Å². The zero-order chi connectivity index (χ0) is 3.58. The second-order valence-corrected chi connectivity index (χ2v) is 0.846. The average molecular weight is 51.9 g/mol. The van der Waals surface area contributed by atoms with Gasteiger partial charge in [-0.2, -0.15) is 0 Å². The van der Waals surface area contributed by atoms with Crippen LogP contribution in [-0.4, -0.2) is 7.85 Å². The molecule has 0 heterocycles. The number of hydrogen-bond donors (Lipinski definition) is 0. The SMILES string of the molecule is [B]C(=C)C. The molecule has 0 aromatic rings. The van der Waals surface area contributed by atoms with Gasteiger partial charge in [-0.1, -0.05) is 6.92 Å². The maximum atomic E-state index is 4.92. The minimum absolute atomic E-state index is 0.667. The van der Waals surface area contributed by atoms with E-state index in [2.05, 4.69) is 6.58 Å². The number of rotatable bonds is 0. The molecule has 2 radical (unpaired) electrons. The van der Waals surface area contributed by atoms with Crippen LogP contribution in [0.2, 0.25) is 0 Å². The van der Waals surface area contributed by atoms with Crippen LogP contribution in [0, 0.1) is 0 Å². The van der Waals surface area contributed by atoms with Gasteiger partial charge in [0.1, 0.15) is 7.85 Å². The highest BCUT2D eigenvalue weighted by Crippen LogP contribution is 1.65. The zero-order valence-electron chi connectivity index (χ0n) is 2.78. The van der Waals surface area contributed by atoms with Gasteiger partial charge < -0.3 is 0 Å². The molecule has 0 spiro atoms. The van der Waals surface area contributed by atoms with Crippen LogP contribution in [0.5, 0.6) is 0 Å². The number of allylic oxidation sites excluding steroid dienone is 1. The van der Waals surface area contributed by atoms with Crippen LogP contribution in [0.25, 0.3) is 0 Å². The Morgan fingerprint density at radius 1 is 2.00 bits per heavy atom. The van der Waals surface area contributed by atoms with Gasteiger partial charge in [-0.05, 0) is 0 Å². The Morgan fingerprint density at radius 3 is 2.00 bits per heavy atom. The lowest BCUT2D eigenvalue weighted by Crippen LogP contribution is -1.56. The average Bonchev–Trinajstić information content (AvgIpc) is 0.811. The Bertz CT molecular complexity index is 26.3. The minimum Gasteiger partial charge on any atom is -0.128 e. The summed E-state index contributed by atoms with van der Waals surface area (Å²) in [5.41, 5.74) is 0.667. The van der Waals surface area contributed by atoms with Crippen molar-refractivity contribution in [3.05, 3.63) is 12.1 Å². The molecule has 0 aliphatic carbocycles. The van der Waals surface area contributed by atoms with Gasteiger partial charge in [-0.25, -0.2) is 0 Å². The van der Waals surface area contributed by atoms with E-state index >= 15 is 0 Å². The van der Waals surface area contributed by atoms with E-state index in [4.69, 9.17) is 7.85 Å². The van der Waals surface area contributed by atoms with Crippen molar-refractivity contribution in [2.45, 2.75) is 6.92 Å². The van der Waals surface area contributed by atoms with E-state index in [0.717, 1.165) is 0 Å². The molecule has 0 nitrogen and oxygen atoms in total. The molecule has 0 aliphatic heterocycles. The van der Waals surface area contributed by atoms with E-state index in [1.54, 1.807) is 6.92 Å². The maximum Gasteiger partial charge on any atom is 0.106 e. The van der Waals surface area contributed by atoms with Crippen LogP contribution in [0.15, 0.2) is 12.1 Å². The normalized spacial score (nSPS) is 6.25. The molecule has 0 saturated heterocycles. The van der Waals surface area contributed by atoms with E-state index in [1.165, 1.54) is 0 Å². The third-order valence-electron chi connectivity index (χ3n) is 0. The third kappa shape index (κ3) is 30.7. The standard InChI is InChI=1S/C3H5B/c1-3(2)4/h1H2,2H3. The Kier molecular flexibility index (Phi) is 1.10. The summed E-state index contributed by atoms with van der Waals surface area (Å²) in [6.45, 7) is 5.08. The Balaban J connectivity index is 2.80. The summed E-state index contributed by atoms with van der Waals surface area (Å²) in [4.78, 5) is 0. The predicted molar refractivity (Wildman–Crippen MR) is 20.6 cm³/mol. The smallest absolute Gasteiger partial charge is 0.106 e. The Labute approximate surface area is 27.9 Å². The van der Waals surface area contributed by atoms with Crippen LogP contribution >= 0.6 is 0 Å². The highest BCUT2D eigenvalue weighted by atomic mass is 13.4. The fourth-order valence-corrected chi connectivity index (χ4v) is 0. The fourth-order valence-electron chi connectivity index (χ4n) is 0. The van der Waals surface area contributed by atoms with E-state index in [0.29, 0.717) is 5.47 Å². The van der Waals surface area contributed by atoms with Crippen LogP contribution in [-0.2, 0) is 0 Å². The van der Waals surface area contributed by atoms with Gasteiger partial charge in [0, 0.05) is 0 Å². The molecule has 0 rings (SSSR count). The molecule has 1 heteroatoms. The quantitative estimate of drug-likeness (QED) is 0.355. The lowest BCUT2D eigenvalue weighted by molar-refractivity contribution is 1.72. The molecule has 0 aromatic heterocycles. The van der Waals surface area contributed by atoms with Crippen LogP contribution < -0.4 is 0 Å². The summed E-state index contributed by atoms with van der Waals surface area (Å²) in [5, 5.41) is 0. The lowest BCUT2D eigenvalue weighted by atomic mass is 10.0. The van der Waals surface area contributed by atoms with E-state index in [9.17, 15) is 0 Å². The van der Waals surface area contributed by atoms with Gasteiger partial charge in [0.15, 0.2) is 0 Å². The molecule has 20 valence electrons. The molecule has 0 N–H and O–H groups in total. The summed E-state index contributed by atoms with van der Waals surface area (Å²) in [7, 11) is 4.92. The van der Waals surface area contributed by atoms with Crippen LogP contribution in [0.1, 0.15) is 6.92 Å². The van der Waals surface area contributed by atoms with E-state index in [1.807, 2.05) is 0 Å². The summed E-state index contributed by atoms with van der Waals surface area (Å²) in [6, 6.07) is 0. The van der Waals surface area contributed by atoms with Gasteiger partial charge >= 0.3 is 0 Å². The topological polar surface area (TPSA) is 0 Å². The first-order chi connectivity index (χ1) is 1.73. The lowest BCUT2D eigenvalue weighted by Gasteiger charge is -1.65. The van der Waals surface area contributed by atoms with Crippen molar-refractivity contribution in [2.75, 3.05) is 0 Å². The molecule has 4 heavy (non-hydrogen) atoms. The highest BCUT2D eigenvalue weighted by Gasteiger charge is 1.52. The maximum absolute atomic E-state index is 4.92. The van der Waals surface area contributed by atoms with Crippen molar-refractivity contribution in [3.8, 4) is 0 Å². The molecule has 0 atom stereocenters. The first-order valence-electron chi connectivity index (χ1n) is 1.14. The highest BCUT2D eigenvalue weighted by molar-refractivity contribution is 6.20. The van der Waals surface area contributed by atoms with Crippen molar-refractivity contribution < 1.29 is 0 Å². The molecular formula is C3H5B. The van der Waals surface area contributed by atoms with Gasteiger partial charge in [0.25, 0.3) is 0 Å². The van der Waals surface area contributed by atoms with Gasteiger partial charge in [0.05, 0.1) is 0 Å². The fraction of sp³-hybridized carbons (Fsp3) is 0.333. The summed E-state index contributed by atoms with van der Waals surface area (Å²) in [6.07, 6.45) is 0. The molecule has 0 bridgehead atoms. The van der Waals surface area contributed by atoms with E-state index < -0.39 is 0 Å². The number of hydrogen-bond acceptors (Lipinski definition) is 0. The summed E-state index contributed by atoms with van der Waals surface area (Å²) >= 11 is 0. The first kappa shape index (κ1) is 3.80. The summed E-state index contributed by atoms with van der Waals surface area (Å²) < 4.78 is 0. The van der Waals surface area contributed by atoms with Crippen molar-refractivity contribution in [1.29, 1.82) is 0 Å². The van der Waals surface area contributed by atoms with Crippen LogP contribution in [0.3, 0.4) is 0 Å². The second kappa shape index (κ2) is 1.16. The minimum atomic E-state index is 0.667. The van der Waals surface area contributed by atoms with Gasteiger partial charge in [0.2, 0.25) is 0 Å². The van der Waals surface area contributed by atoms with Gasteiger partial charge in [-0.15, -0.1) is 12.1 Å². The van der Waals surface area contributed by atoms with Crippen molar-refractivity contribution in [2.24, 2.45) is 0 Å². The van der Waals surface area contributed by atoms with E-state index in [-0.39, 0.29) is 0 Å². The monoisotopic (exact) mass is 52.0 g/mol. The zero-order valence-corrected chi connectivity index (χ0v) is 2.78. The molecule has 0 fully saturated rings. The van der Waals surface area contributed by atoms with Gasteiger partial charge in [-0.3, -0.25) is 0 Å². The molecule has 0 unspecified atom stereocenters. The Morgan fingerprint density at radius 2 is 2.00 bits per heavy atom. The first-order valence-corrected chi connectivity index (χ1v) is 1.14. The summed E-state index contributed by atoms with van der Waals surface area (Å²) in [5.74, 6) is 0. The molecule has 0 saturated carbocycles. The molecule has 0 aliphatic rings. The Hall–Kier alpha value is -0.195. The molecular weight excluding hydrogens is 46.8 g/mol. The second-order valence-electron chi connectivity index (χ2n) is 0.846. The van der Waals surface area contributed by atoms with Crippen LogP contribution in [0.4, 0.5) is 0 Å². The molecule has 0 amide bonds. The van der Waals surface area contributed by atoms with Crippen molar-refractivity contribution in [3.63, 3.8) is 0 Å². The molecule has 0 aromatic carbocycles. The van der Waals surface area contributed by atoms with Crippen molar-refractivity contribution >= 4 is 7.85 Å². The largest absolute Gasteiger partial charge is 0.128 e. The predicted octanol–water partition coefficient (Wildman–Crippen LogP) is 0.688.